The Hall–Kier alpha value is -1.76. The molecule has 1 aliphatic carbocycles. The lowest BCUT2D eigenvalue weighted by Crippen LogP contribution is -2.31. The van der Waals surface area contributed by atoms with Crippen LogP contribution in [0.3, 0.4) is 0 Å². The van der Waals surface area contributed by atoms with E-state index in [1.54, 1.807) is 6.26 Å². The van der Waals surface area contributed by atoms with Gasteiger partial charge in [-0.25, -0.2) is 0 Å². The second-order valence-corrected chi connectivity index (χ2v) is 7.14. The van der Waals surface area contributed by atoms with Crippen molar-refractivity contribution in [1.29, 1.82) is 0 Å². The van der Waals surface area contributed by atoms with Crippen LogP contribution in [-0.4, -0.2) is 32.5 Å². The second-order valence-electron chi connectivity index (χ2n) is 5.83. The van der Waals surface area contributed by atoms with Crippen LogP contribution in [0.4, 0.5) is 0 Å². The Morgan fingerprint density at radius 2 is 2.35 bits per heavy atom. The molecule has 1 N–H and O–H groups in total. The van der Waals surface area contributed by atoms with Gasteiger partial charge in [0.15, 0.2) is 5.16 Å². The summed E-state index contributed by atoms with van der Waals surface area (Å²) < 4.78 is 7.55. The highest BCUT2D eigenvalue weighted by molar-refractivity contribution is 8.00. The molecular weight excluding hydrogens is 312 g/mol. The molecule has 2 aromatic rings. The smallest absolute Gasteiger partial charge is 0.233 e. The Balaban J connectivity index is 1.74. The fourth-order valence-electron chi connectivity index (χ4n) is 2.34. The third-order valence-corrected chi connectivity index (χ3v) is 4.86. The van der Waals surface area contributed by atoms with Crippen molar-refractivity contribution in [3.05, 3.63) is 30.0 Å². The van der Waals surface area contributed by atoms with Gasteiger partial charge in [-0.2, -0.15) is 0 Å². The van der Waals surface area contributed by atoms with E-state index in [2.05, 4.69) is 20.1 Å². The molecule has 1 atom stereocenters. The van der Waals surface area contributed by atoms with Crippen LogP contribution >= 0.6 is 11.8 Å². The summed E-state index contributed by atoms with van der Waals surface area (Å²) in [5, 5.41) is 12.2. The van der Waals surface area contributed by atoms with E-state index in [9.17, 15) is 4.79 Å². The molecule has 0 saturated heterocycles. The molecule has 6 nitrogen and oxygen atoms in total. The van der Waals surface area contributed by atoms with Crippen molar-refractivity contribution in [2.45, 2.75) is 56.0 Å². The zero-order chi connectivity index (χ0) is 16.2. The van der Waals surface area contributed by atoms with Gasteiger partial charge in [0.05, 0.1) is 18.1 Å². The van der Waals surface area contributed by atoms with Crippen molar-refractivity contribution < 1.29 is 9.21 Å². The third-order valence-electron chi connectivity index (χ3n) is 3.78. The van der Waals surface area contributed by atoms with Crippen LogP contribution in [0.5, 0.6) is 0 Å². The summed E-state index contributed by atoms with van der Waals surface area (Å²) in [7, 11) is 0. The average molecular weight is 334 g/mol. The standard InChI is InChI=1S/C16H22N4O2S/c1-3-8-17-15(21)11(2)23-16-19-18-14(12-6-7-12)20(16)10-13-5-4-9-22-13/h4-5,9,11-12H,3,6-8,10H2,1-2H3,(H,17,21). The highest BCUT2D eigenvalue weighted by Crippen LogP contribution is 2.40. The van der Waals surface area contributed by atoms with E-state index in [0.717, 1.165) is 36.0 Å². The molecule has 0 spiro atoms. The molecular formula is C16H22N4O2S. The molecule has 23 heavy (non-hydrogen) atoms. The number of carbonyl (C=O) groups excluding carboxylic acids is 1. The van der Waals surface area contributed by atoms with Gasteiger partial charge in [-0.05, 0) is 38.3 Å². The number of nitrogens with zero attached hydrogens (tertiary/aromatic N) is 3. The van der Waals surface area contributed by atoms with Gasteiger partial charge in [0.2, 0.25) is 5.91 Å². The summed E-state index contributed by atoms with van der Waals surface area (Å²) in [6.07, 6.45) is 4.93. The molecule has 0 bridgehead atoms. The molecule has 124 valence electrons. The van der Waals surface area contributed by atoms with Crippen molar-refractivity contribution >= 4 is 17.7 Å². The summed E-state index contributed by atoms with van der Waals surface area (Å²) in [4.78, 5) is 12.1. The fraction of sp³-hybridized carbons (Fsp3) is 0.562. The van der Waals surface area contributed by atoms with Crippen molar-refractivity contribution in [1.82, 2.24) is 20.1 Å². The first-order valence-electron chi connectivity index (χ1n) is 8.09. The van der Waals surface area contributed by atoms with Gasteiger partial charge in [-0.15, -0.1) is 10.2 Å². The normalized spacial score (nSPS) is 15.6. The number of thioether (sulfide) groups is 1. The number of hydrogen-bond acceptors (Lipinski definition) is 5. The van der Waals surface area contributed by atoms with E-state index in [4.69, 9.17) is 4.42 Å². The molecule has 1 saturated carbocycles. The van der Waals surface area contributed by atoms with E-state index in [1.807, 2.05) is 26.0 Å². The minimum absolute atomic E-state index is 0.0392. The lowest BCUT2D eigenvalue weighted by molar-refractivity contribution is -0.120. The number of rotatable bonds is 8. The first-order chi connectivity index (χ1) is 11.2. The average Bonchev–Trinajstić information content (AvgIpc) is 3.12. The molecule has 1 aliphatic rings. The predicted molar refractivity (Wildman–Crippen MR) is 88.4 cm³/mol. The van der Waals surface area contributed by atoms with Gasteiger partial charge in [0.1, 0.15) is 11.6 Å². The first kappa shape index (κ1) is 16.1. The van der Waals surface area contributed by atoms with E-state index < -0.39 is 0 Å². The van der Waals surface area contributed by atoms with Crippen LogP contribution in [0.15, 0.2) is 28.0 Å². The summed E-state index contributed by atoms with van der Waals surface area (Å²) in [6.45, 7) is 5.26. The van der Waals surface area contributed by atoms with E-state index >= 15 is 0 Å². The number of furan rings is 1. The third kappa shape index (κ3) is 3.96. The molecule has 0 radical (unpaired) electrons. The Bertz CT molecular complexity index is 649. The number of aromatic nitrogens is 3. The fourth-order valence-corrected chi connectivity index (χ4v) is 3.22. The first-order valence-corrected chi connectivity index (χ1v) is 8.96. The SMILES string of the molecule is CCCNC(=O)C(C)Sc1nnc(C2CC2)n1Cc1ccco1. The van der Waals surface area contributed by atoms with E-state index in [0.29, 0.717) is 19.0 Å². The predicted octanol–water partition coefficient (Wildman–Crippen LogP) is 2.80. The molecule has 0 aliphatic heterocycles. The summed E-state index contributed by atoms with van der Waals surface area (Å²) in [5.74, 6) is 2.41. The molecule has 7 heteroatoms. The monoisotopic (exact) mass is 334 g/mol. The molecule has 1 amide bonds. The van der Waals surface area contributed by atoms with Crippen LogP contribution in [0.2, 0.25) is 0 Å². The van der Waals surface area contributed by atoms with Crippen molar-refractivity contribution in [2.24, 2.45) is 0 Å². The number of hydrogen-bond donors (Lipinski definition) is 1. The minimum atomic E-state index is -0.201. The summed E-state index contributed by atoms with van der Waals surface area (Å²) >= 11 is 1.45. The van der Waals surface area contributed by atoms with Crippen LogP contribution in [-0.2, 0) is 11.3 Å². The molecule has 2 heterocycles. The Morgan fingerprint density at radius 1 is 1.52 bits per heavy atom. The highest BCUT2D eigenvalue weighted by Gasteiger charge is 2.31. The van der Waals surface area contributed by atoms with Gasteiger partial charge in [-0.3, -0.25) is 9.36 Å². The molecule has 0 aromatic carbocycles. The minimum Gasteiger partial charge on any atom is -0.467 e. The zero-order valence-corrected chi connectivity index (χ0v) is 14.3. The van der Waals surface area contributed by atoms with Crippen molar-refractivity contribution in [3.8, 4) is 0 Å². The van der Waals surface area contributed by atoms with E-state index in [1.165, 1.54) is 11.8 Å². The summed E-state index contributed by atoms with van der Waals surface area (Å²) in [5.41, 5.74) is 0. The maximum atomic E-state index is 12.1. The largest absolute Gasteiger partial charge is 0.467 e. The van der Waals surface area contributed by atoms with Crippen molar-refractivity contribution in [3.63, 3.8) is 0 Å². The number of nitrogens with one attached hydrogen (secondary N) is 1. The van der Waals surface area contributed by atoms with Crippen LogP contribution in [0, 0.1) is 0 Å². The molecule has 2 aromatic heterocycles. The Morgan fingerprint density at radius 3 is 3.00 bits per heavy atom. The second kappa shape index (κ2) is 7.21. The lowest BCUT2D eigenvalue weighted by Gasteiger charge is -2.12. The molecule has 3 rings (SSSR count). The maximum Gasteiger partial charge on any atom is 0.233 e. The number of amides is 1. The quantitative estimate of drug-likeness (QED) is 0.752. The topological polar surface area (TPSA) is 73.0 Å². The highest BCUT2D eigenvalue weighted by atomic mass is 32.2. The maximum absolute atomic E-state index is 12.1. The van der Waals surface area contributed by atoms with Crippen LogP contribution in [0.1, 0.15) is 50.6 Å². The van der Waals surface area contributed by atoms with Gasteiger partial charge >= 0.3 is 0 Å². The van der Waals surface area contributed by atoms with Gasteiger partial charge in [0, 0.05) is 12.5 Å². The van der Waals surface area contributed by atoms with Crippen molar-refractivity contribution in [2.75, 3.05) is 6.54 Å². The zero-order valence-electron chi connectivity index (χ0n) is 13.5. The van der Waals surface area contributed by atoms with Crippen LogP contribution < -0.4 is 5.32 Å². The summed E-state index contributed by atoms with van der Waals surface area (Å²) in [6, 6.07) is 3.83. The Labute approximate surface area is 140 Å². The molecule has 1 unspecified atom stereocenters. The van der Waals surface area contributed by atoms with Gasteiger partial charge in [0.25, 0.3) is 0 Å². The van der Waals surface area contributed by atoms with Gasteiger partial charge < -0.3 is 9.73 Å². The number of carbonyl (C=O) groups is 1. The Kier molecular flexibility index (Phi) is 5.05. The van der Waals surface area contributed by atoms with E-state index in [-0.39, 0.29) is 11.2 Å². The lowest BCUT2D eigenvalue weighted by atomic mass is 10.3. The van der Waals surface area contributed by atoms with Crippen LogP contribution in [0.25, 0.3) is 0 Å². The van der Waals surface area contributed by atoms with Gasteiger partial charge in [-0.1, -0.05) is 18.7 Å². The molecule has 1 fully saturated rings.